The lowest BCUT2D eigenvalue weighted by Gasteiger charge is -2.22. The lowest BCUT2D eigenvalue weighted by atomic mass is 10.1. The van der Waals surface area contributed by atoms with Crippen LogP contribution in [0.5, 0.6) is 0 Å². The summed E-state index contributed by atoms with van der Waals surface area (Å²) in [4.78, 5) is 39.3. The third-order valence-electron chi connectivity index (χ3n) is 3.76. The van der Waals surface area contributed by atoms with Gasteiger partial charge in [0.2, 0.25) is 5.91 Å². The van der Waals surface area contributed by atoms with Crippen molar-refractivity contribution in [2.75, 3.05) is 26.2 Å². The number of hydrogen-bond donors (Lipinski definition) is 1. The highest BCUT2D eigenvalue weighted by molar-refractivity contribution is 5.89. The Hall–Kier alpha value is -1.79. The Morgan fingerprint density at radius 2 is 1.86 bits per heavy atom. The minimum absolute atomic E-state index is 0.0226. The van der Waals surface area contributed by atoms with Crippen molar-refractivity contribution in [1.29, 1.82) is 0 Å². The molecule has 2 aliphatic rings. The van der Waals surface area contributed by atoms with Gasteiger partial charge in [-0.25, -0.2) is 4.79 Å². The van der Waals surface area contributed by atoms with Crippen LogP contribution in [-0.4, -0.2) is 65.5 Å². The van der Waals surface area contributed by atoms with Crippen LogP contribution in [-0.2, 0) is 14.3 Å². The fraction of sp³-hybridized carbons (Fsp3) is 0.800. The molecule has 22 heavy (non-hydrogen) atoms. The molecule has 2 saturated heterocycles. The summed E-state index contributed by atoms with van der Waals surface area (Å²) in [5, 5.41) is 2.66. The number of carbonyl (C=O) groups is 3. The van der Waals surface area contributed by atoms with Gasteiger partial charge in [0.1, 0.15) is 0 Å². The highest BCUT2D eigenvalue weighted by Gasteiger charge is 2.36. The molecule has 0 aromatic rings. The Balaban J connectivity index is 1.81. The van der Waals surface area contributed by atoms with Gasteiger partial charge in [0.15, 0.2) is 6.10 Å². The van der Waals surface area contributed by atoms with Crippen LogP contribution in [0.15, 0.2) is 0 Å². The predicted molar refractivity (Wildman–Crippen MR) is 80.2 cm³/mol. The molecule has 2 fully saturated rings. The fourth-order valence-electron chi connectivity index (χ4n) is 2.67. The summed E-state index contributed by atoms with van der Waals surface area (Å²) in [5.41, 5.74) is -0.413. The average Bonchev–Trinajstić information content (AvgIpc) is 3.01. The maximum absolute atomic E-state index is 12.2. The Bertz CT molecular complexity index is 452. The lowest BCUT2D eigenvalue weighted by Crippen LogP contribution is -2.44. The molecule has 0 unspecified atom stereocenters. The number of hydrogen-bond acceptors (Lipinski definition) is 4. The van der Waals surface area contributed by atoms with Gasteiger partial charge in [-0.3, -0.25) is 9.59 Å². The van der Waals surface area contributed by atoms with E-state index in [9.17, 15) is 14.4 Å². The summed E-state index contributed by atoms with van der Waals surface area (Å²) in [6, 6.07) is 0. The van der Waals surface area contributed by atoms with Crippen LogP contribution >= 0.6 is 0 Å². The molecule has 0 aromatic heterocycles. The number of rotatable bonds is 3. The molecule has 2 aliphatic heterocycles. The van der Waals surface area contributed by atoms with Crippen molar-refractivity contribution in [1.82, 2.24) is 15.1 Å². The quantitative estimate of drug-likeness (QED) is 0.833. The van der Waals surface area contributed by atoms with Crippen molar-refractivity contribution in [3.8, 4) is 0 Å². The van der Waals surface area contributed by atoms with E-state index in [1.807, 2.05) is 20.8 Å². The molecule has 1 N–H and O–H groups in total. The van der Waals surface area contributed by atoms with Crippen molar-refractivity contribution in [2.45, 2.75) is 51.7 Å². The predicted octanol–water partition coefficient (Wildman–Crippen LogP) is 0.734. The van der Waals surface area contributed by atoms with Crippen molar-refractivity contribution in [3.05, 3.63) is 0 Å². The first-order chi connectivity index (χ1) is 10.3. The maximum Gasteiger partial charge on any atom is 0.408 e. The van der Waals surface area contributed by atoms with Gasteiger partial charge in [0.05, 0.1) is 6.54 Å². The summed E-state index contributed by atoms with van der Waals surface area (Å²) >= 11 is 0. The molecule has 2 rings (SSSR count). The first kappa shape index (κ1) is 16.6. The Kier molecular flexibility index (Phi) is 4.93. The monoisotopic (exact) mass is 311 g/mol. The fourth-order valence-corrected chi connectivity index (χ4v) is 2.67. The zero-order chi connectivity index (χ0) is 16.3. The summed E-state index contributed by atoms with van der Waals surface area (Å²) in [7, 11) is 0. The summed E-state index contributed by atoms with van der Waals surface area (Å²) in [5.74, 6) is -0.303. The Morgan fingerprint density at radius 1 is 1.23 bits per heavy atom. The van der Waals surface area contributed by atoms with Crippen LogP contribution < -0.4 is 5.32 Å². The number of nitrogens with zero attached hydrogens (tertiary/aromatic N) is 2. The molecule has 0 aromatic carbocycles. The minimum atomic E-state index is -0.784. The minimum Gasteiger partial charge on any atom is -0.436 e. The van der Waals surface area contributed by atoms with Crippen LogP contribution in [0.4, 0.5) is 4.79 Å². The van der Waals surface area contributed by atoms with E-state index in [0.29, 0.717) is 13.0 Å². The number of likely N-dealkylation sites (tertiary alicyclic amines) is 2. The third kappa shape index (κ3) is 4.35. The summed E-state index contributed by atoms with van der Waals surface area (Å²) < 4.78 is 5.17. The highest BCUT2D eigenvalue weighted by atomic mass is 16.6. The first-order valence-corrected chi connectivity index (χ1v) is 7.81. The van der Waals surface area contributed by atoms with Crippen LogP contribution in [0.1, 0.15) is 40.0 Å². The second-order valence-corrected chi connectivity index (χ2v) is 6.91. The summed E-state index contributed by atoms with van der Waals surface area (Å²) in [6.45, 7) is 7.60. The van der Waals surface area contributed by atoms with Gasteiger partial charge < -0.3 is 19.9 Å². The van der Waals surface area contributed by atoms with Crippen molar-refractivity contribution < 1.29 is 19.1 Å². The van der Waals surface area contributed by atoms with Crippen molar-refractivity contribution >= 4 is 17.9 Å². The number of ether oxygens (including phenoxy) is 1. The molecular formula is C15H25N3O4. The van der Waals surface area contributed by atoms with E-state index in [-0.39, 0.29) is 18.4 Å². The molecule has 1 atom stereocenters. The van der Waals surface area contributed by atoms with Gasteiger partial charge in [0, 0.05) is 31.6 Å². The van der Waals surface area contributed by atoms with E-state index in [2.05, 4.69) is 5.32 Å². The van der Waals surface area contributed by atoms with Gasteiger partial charge in [0.25, 0.3) is 5.91 Å². The Morgan fingerprint density at radius 3 is 2.45 bits per heavy atom. The van der Waals surface area contributed by atoms with Crippen LogP contribution in [0.3, 0.4) is 0 Å². The topological polar surface area (TPSA) is 79.0 Å². The number of nitrogens with one attached hydrogen (secondary N) is 1. The van der Waals surface area contributed by atoms with E-state index in [0.717, 1.165) is 25.9 Å². The lowest BCUT2D eigenvalue weighted by molar-refractivity contribution is -0.141. The summed E-state index contributed by atoms with van der Waals surface area (Å²) in [6.07, 6.45) is 1.10. The second kappa shape index (κ2) is 6.54. The zero-order valence-corrected chi connectivity index (χ0v) is 13.6. The van der Waals surface area contributed by atoms with Gasteiger partial charge in [-0.2, -0.15) is 0 Å². The molecule has 0 bridgehead atoms. The molecule has 124 valence electrons. The van der Waals surface area contributed by atoms with Gasteiger partial charge in [-0.05, 0) is 33.6 Å². The third-order valence-corrected chi connectivity index (χ3v) is 3.76. The van der Waals surface area contributed by atoms with E-state index < -0.39 is 17.7 Å². The van der Waals surface area contributed by atoms with E-state index in [4.69, 9.17) is 4.74 Å². The molecule has 7 heteroatoms. The Labute approximate surface area is 131 Å². The van der Waals surface area contributed by atoms with E-state index in [1.54, 1.807) is 4.90 Å². The van der Waals surface area contributed by atoms with E-state index >= 15 is 0 Å². The van der Waals surface area contributed by atoms with Crippen LogP contribution in [0.25, 0.3) is 0 Å². The highest BCUT2D eigenvalue weighted by Crippen LogP contribution is 2.16. The number of carbonyl (C=O) groups excluding carboxylic acids is 3. The van der Waals surface area contributed by atoms with Gasteiger partial charge >= 0.3 is 6.09 Å². The molecule has 2 heterocycles. The number of amides is 3. The number of alkyl carbamates (subject to hydrolysis) is 1. The SMILES string of the molecule is CC(C)(C)NC(=O)O[C@H]1CCN(CC(=O)N2CCCC2)C1=O. The molecule has 0 radical (unpaired) electrons. The molecule has 0 spiro atoms. The van der Waals surface area contributed by atoms with E-state index in [1.165, 1.54) is 4.90 Å². The first-order valence-electron chi connectivity index (χ1n) is 7.81. The molecule has 7 nitrogen and oxygen atoms in total. The van der Waals surface area contributed by atoms with Crippen LogP contribution in [0, 0.1) is 0 Å². The largest absolute Gasteiger partial charge is 0.436 e. The normalized spacial score (nSPS) is 22.1. The molecule has 0 saturated carbocycles. The maximum atomic E-state index is 12.2. The van der Waals surface area contributed by atoms with Gasteiger partial charge in [-0.15, -0.1) is 0 Å². The zero-order valence-electron chi connectivity index (χ0n) is 13.6. The molecular weight excluding hydrogens is 286 g/mol. The standard InChI is InChI=1S/C15H25N3O4/c1-15(2,3)16-14(21)22-11-6-9-18(13(11)20)10-12(19)17-7-4-5-8-17/h11H,4-10H2,1-3H3,(H,16,21)/t11-/m0/s1. The van der Waals surface area contributed by atoms with Crippen molar-refractivity contribution in [2.24, 2.45) is 0 Å². The molecule has 3 amide bonds. The smallest absolute Gasteiger partial charge is 0.408 e. The van der Waals surface area contributed by atoms with Crippen molar-refractivity contribution in [3.63, 3.8) is 0 Å². The van der Waals surface area contributed by atoms with Gasteiger partial charge in [-0.1, -0.05) is 0 Å². The molecule has 0 aliphatic carbocycles. The average molecular weight is 311 g/mol. The second-order valence-electron chi connectivity index (χ2n) is 6.91. The van der Waals surface area contributed by atoms with Crippen LogP contribution in [0.2, 0.25) is 0 Å².